The van der Waals surface area contributed by atoms with Crippen molar-refractivity contribution in [2.45, 2.75) is 71.6 Å². The van der Waals surface area contributed by atoms with Gasteiger partial charge in [0.15, 0.2) is 0 Å². The molecule has 5 heterocycles. The van der Waals surface area contributed by atoms with Gasteiger partial charge in [-0.2, -0.15) is 0 Å². The van der Waals surface area contributed by atoms with Gasteiger partial charge in [-0.3, -0.25) is 14.5 Å². The summed E-state index contributed by atoms with van der Waals surface area (Å²) < 4.78 is 13.2. The number of H-pyrrole nitrogens is 1. The number of hydrogen-bond acceptors (Lipinski definition) is 8. The number of anilines is 1. The van der Waals surface area contributed by atoms with Crippen LogP contribution in [0.15, 0.2) is 33.8 Å². The lowest BCUT2D eigenvalue weighted by atomic mass is 9.83. The summed E-state index contributed by atoms with van der Waals surface area (Å²) in [5.41, 5.74) is 3.63. The average molecular weight is 552 g/mol. The summed E-state index contributed by atoms with van der Waals surface area (Å²) >= 11 is 6.39. The largest absolute Gasteiger partial charge is 0.439 e. The van der Waals surface area contributed by atoms with Crippen molar-refractivity contribution in [2.75, 3.05) is 18.1 Å². The summed E-state index contributed by atoms with van der Waals surface area (Å²) in [6.45, 7) is 8.94. The van der Waals surface area contributed by atoms with Gasteiger partial charge in [-0.15, -0.1) is 0 Å². The van der Waals surface area contributed by atoms with Crippen LogP contribution in [0.5, 0.6) is 0 Å². The highest BCUT2D eigenvalue weighted by Crippen LogP contribution is 2.38. The molecule has 1 saturated heterocycles. The molecule has 1 N–H and O–H groups in total. The molecule has 4 aromatic heterocycles. The Hall–Kier alpha value is -3.24. The molecule has 2 unspecified atom stereocenters. The van der Waals surface area contributed by atoms with Crippen LogP contribution in [0.25, 0.3) is 33.8 Å². The molecule has 39 heavy (non-hydrogen) atoms. The summed E-state index contributed by atoms with van der Waals surface area (Å²) in [6, 6.07) is 3.94. The molecule has 1 aliphatic carbocycles. The molecule has 4 aromatic rings. The van der Waals surface area contributed by atoms with Crippen molar-refractivity contribution in [2.24, 2.45) is 11.8 Å². The predicted molar refractivity (Wildman–Crippen MR) is 150 cm³/mol. The minimum Gasteiger partial charge on any atom is -0.375 e. The maximum atomic E-state index is 11.8. The third kappa shape index (κ3) is 5.07. The molecule has 1 aliphatic heterocycles. The van der Waals surface area contributed by atoms with Gasteiger partial charge in [0.1, 0.15) is 5.69 Å². The molecule has 10 nitrogen and oxygen atoms in total. The molecule has 11 heteroatoms. The Morgan fingerprint density at radius 2 is 1.95 bits per heavy atom. The Balaban J connectivity index is 1.58. The van der Waals surface area contributed by atoms with Crippen molar-refractivity contribution in [3.8, 4) is 22.8 Å². The highest BCUT2D eigenvalue weighted by molar-refractivity contribution is 6.30. The van der Waals surface area contributed by atoms with E-state index in [9.17, 15) is 4.79 Å². The van der Waals surface area contributed by atoms with Gasteiger partial charge in [-0.1, -0.05) is 43.4 Å². The number of rotatable bonds is 6. The van der Waals surface area contributed by atoms with Crippen molar-refractivity contribution < 1.29 is 9.26 Å². The normalized spacial score (nSPS) is 23.9. The summed E-state index contributed by atoms with van der Waals surface area (Å²) in [4.78, 5) is 31.3. The Kier molecular flexibility index (Phi) is 7.16. The molecule has 0 radical (unpaired) electrons. The first-order valence-electron chi connectivity index (χ1n) is 13.9. The van der Waals surface area contributed by atoms with E-state index in [2.05, 4.69) is 45.4 Å². The van der Waals surface area contributed by atoms with Gasteiger partial charge in [0, 0.05) is 31.0 Å². The van der Waals surface area contributed by atoms with E-state index in [-0.39, 0.29) is 18.0 Å². The quantitative estimate of drug-likeness (QED) is 0.342. The minimum absolute atomic E-state index is 0.0954. The second-order valence-electron chi connectivity index (χ2n) is 11.0. The lowest BCUT2D eigenvalue weighted by Crippen LogP contribution is -2.51. The molecule has 0 amide bonds. The van der Waals surface area contributed by atoms with Gasteiger partial charge < -0.3 is 14.2 Å². The monoisotopic (exact) mass is 551 g/mol. The molecule has 2 aliphatic rings. The van der Waals surface area contributed by atoms with E-state index in [1.54, 1.807) is 12.4 Å². The SMILES string of the molecule is CCC1C(C)OCCN1c1nc2cc(-c3noc(=O)[nH]3)nc(-c3cncc(Cl)c3)c2n1CC1CCC(C)CC1. The van der Waals surface area contributed by atoms with E-state index in [1.165, 1.54) is 25.7 Å². The van der Waals surface area contributed by atoms with E-state index in [1.807, 2.05) is 12.1 Å². The highest BCUT2D eigenvalue weighted by atomic mass is 35.5. The third-order valence-corrected chi connectivity index (χ3v) is 8.48. The fourth-order valence-electron chi connectivity index (χ4n) is 6.18. The second kappa shape index (κ2) is 10.7. The number of halogens is 1. The summed E-state index contributed by atoms with van der Waals surface area (Å²) in [5.74, 6) is 1.86. The van der Waals surface area contributed by atoms with Crippen LogP contribution in [-0.2, 0) is 11.3 Å². The summed E-state index contributed by atoms with van der Waals surface area (Å²) in [7, 11) is 0. The van der Waals surface area contributed by atoms with Gasteiger partial charge in [-0.05, 0) is 50.2 Å². The molecule has 0 spiro atoms. The number of aromatic amines is 1. The molecule has 206 valence electrons. The molecule has 0 bridgehead atoms. The zero-order valence-electron chi connectivity index (χ0n) is 22.6. The molecule has 0 aromatic carbocycles. The molecular formula is C28H34ClN7O3. The number of hydrogen-bond donors (Lipinski definition) is 1. The number of nitrogens with zero attached hydrogens (tertiary/aromatic N) is 6. The number of aromatic nitrogens is 6. The zero-order valence-corrected chi connectivity index (χ0v) is 23.3. The van der Waals surface area contributed by atoms with Gasteiger partial charge in [0.2, 0.25) is 11.8 Å². The number of ether oxygens (including phenoxy) is 1. The fraction of sp³-hybridized carbons (Fsp3) is 0.536. The smallest absolute Gasteiger partial charge is 0.375 e. The van der Waals surface area contributed by atoms with E-state index < -0.39 is 5.76 Å². The predicted octanol–water partition coefficient (Wildman–Crippen LogP) is 5.32. The van der Waals surface area contributed by atoms with Crippen LogP contribution in [0.3, 0.4) is 0 Å². The first-order chi connectivity index (χ1) is 18.9. The topological polar surface area (TPSA) is 115 Å². The molecule has 6 rings (SSSR count). The number of imidazole rings is 1. The van der Waals surface area contributed by atoms with Crippen LogP contribution in [-0.4, -0.2) is 55.0 Å². The van der Waals surface area contributed by atoms with Crippen molar-refractivity contribution in [1.29, 1.82) is 0 Å². The molecule has 2 atom stereocenters. The number of pyridine rings is 2. The van der Waals surface area contributed by atoms with Crippen LogP contribution in [0.1, 0.15) is 52.9 Å². The van der Waals surface area contributed by atoms with Crippen molar-refractivity contribution in [3.63, 3.8) is 0 Å². The lowest BCUT2D eigenvalue weighted by Gasteiger charge is -2.40. The molecule has 1 saturated carbocycles. The third-order valence-electron chi connectivity index (χ3n) is 8.27. The number of nitrogens with one attached hydrogen (secondary N) is 1. The van der Waals surface area contributed by atoms with Crippen LogP contribution >= 0.6 is 11.6 Å². The fourth-order valence-corrected chi connectivity index (χ4v) is 6.35. The Morgan fingerprint density at radius 3 is 2.67 bits per heavy atom. The Bertz CT molecular complexity index is 1520. The first-order valence-corrected chi connectivity index (χ1v) is 14.3. The maximum absolute atomic E-state index is 11.8. The number of morpholine rings is 1. The van der Waals surface area contributed by atoms with Gasteiger partial charge >= 0.3 is 5.76 Å². The van der Waals surface area contributed by atoms with Gasteiger partial charge in [0.25, 0.3) is 0 Å². The van der Waals surface area contributed by atoms with E-state index >= 15 is 0 Å². The Labute approximate surface area is 231 Å². The van der Waals surface area contributed by atoms with Gasteiger partial charge in [0.05, 0.1) is 40.5 Å². The van der Waals surface area contributed by atoms with E-state index in [0.717, 1.165) is 48.0 Å². The van der Waals surface area contributed by atoms with Crippen molar-refractivity contribution in [1.82, 2.24) is 29.7 Å². The zero-order chi connectivity index (χ0) is 27.1. The Morgan fingerprint density at radius 1 is 1.13 bits per heavy atom. The van der Waals surface area contributed by atoms with Crippen molar-refractivity contribution >= 4 is 28.6 Å². The lowest BCUT2D eigenvalue weighted by molar-refractivity contribution is 0.0217. The van der Waals surface area contributed by atoms with E-state index in [0.29, 0.717) is 28.9 Å². The van der Waals surface area contributed by atoms with Crippen LogP contribution in [0.2, 0.25) is 5.02 Å². The van der Waals surface area contributed by atoms with E-state index in [4.69, 9.17) is 30.8 Å². The standard InChI is InChI=1S/C28H34ClN7O3/c1-4-23-17(3)38-10-9-35(23)27-32-21-12-22(26-33-28(37)39-34-26)31-24(19-11-20(29)14-30-13-19)25(21)36(27)15-18-7-5-16(2)6-8-18/h11-14,16-18,23H,4-10,15H2,1-3H3,(H,33,34,37). The molecular weight excluding hydrogens is 518 g/mol. The molecule has 2 fully saturated rings. The maximum Gasteiger partial charge on any atom is 0.439 e. The van der Waals surface area contributed by atoms with Crippen LogP contribution < -0.4 is 10.7 Å². The summed E-state index contributed by atoms with van der Waals surface area (Å²) in [5, 5.41) is 4.41. The van der Waals surface area contributed by atoms with Crippen LogP contribution in [0, 0.1) is 11.8 Å². The van der Waals surface area contributed by atoms with Gasteiger partial charge in [-0.25, -0.2) is 14.8 Å². The summed E-state index contributed by atoms with van der Waals surface area (Å²) in [6.07, 6.45) is 9.27. The van der Waals surface area contributed by atoms with Crippen LogP contribution in [0.4, 0.5) is 5.95 Å². The average Bonchev–Trinajstić information content (AvgIpc) is 3.53. The van der Waals surface area contributed by atoms with Crippen molar-refractivity contribution in [3.05, 3.63) is 40.1 Å². The second-order valence-corrected chi connectivity index (χ2v) is 11.4. The minimum atomic E-state index is -0.635. The first kappa shape index (κ1) is 26.0. The highest BCUT2D eigenvalue weighted by Gasteiger charge is 2.33. The number of fused-ring (bicyclic) bond motifs is 1.